The number of rotatable bonds is 1. The smallest absolute Gasteiger partial charge is 0.107 e. The highest BCUT2D eigenvalue weighted by Gasteiger charge is 2.17. The van der Waals surface area contributed by atoms with Gasteiger partial charge >= 0.3 is 0 Å². The van der Waals surface area contributed by atoms with Gasteiger partial charge in [0, 0.05) is 5.56 Å². The predicted octanol–water partition coefficient (Wildman–Crippen LogP) is 1.44. The second-order valence-corrected chi connectivity index (χ2v) is 3.89. The van der Waals surface area contributed by atoms with Gasteiger partial charge in [0.25, 0.3) is 0 Å². The van der Waals surface area contributed by atoms with Gasteiger partial charge in [-0.1, -0.05) is 29.5 Å². The number of nitrogens with zero attached hydrogens (tertiary/aromatic N) is 4. The molecule has 3 rings (SSSR count). The number of hydrogen-bond acceptors (Lipinski definition) is 3. The van der Waals surface area contributed by atoms with E-state index < -0.39 is 0 Å². The Balaban J connectivity index is 2.16. The van der Waals surface area contributed by atoms with Gasteiger partial charge in [0.05, 0.1) is 25.0 Å². The van der Waals surface area contributed by atoms with Crippen molar-refractivity contribution in [1.82, 2.24) is 15.0 Å². The lowest BCUT2D eigenvalue weighted by molar-refractivity contribution is 0.584. The summed E-state index contributed by atoms with van der Waals surface area (Å²) >= 11 is 0. The first-order valence-electron chi connectivity index (χ1n) is 5.35. The number of aryl methyl sites for hydroxylation is 1. The van der Waals surface area contributed by atoms with Crippen LogP contribution in [0.1, 0.15) is 16.8 Å². The number of aromatic nitrogens is 3. The fraction of sp³-hybridized carbons (Fsp3) is 0.250. The minimum Gasteiger partial charge on any atom is -0.280 e. The average Bonchev–Trinajstić information content (AvgIpc) is 2.77. The van der Waals surface area contributed by atoms with Gasteiger partial charge < -0.3 is 0 Å². The zero-order valence-electron chi connectivity index (χ0n) is 9.09. The Morgan fingerprint density at radius 2 is 2.12 bits per heavy atom. The molecule has 0 amide bonds. The van der Waals surface area contributed by atoms with Crippen LogP contribution >= 0.6 is 0 Å². The van der Waals surface area contributed by atoms with Gasteiger partial charge in [-0.3, -0.25) is 4.99 Å². The minimum atomic E-state index is 0.778. The third-order valence-corrected chi connectivity index (χ3v) is 2.84. The van der Waals surface area contributed by atoms with Gasteiger partial charge in [0.15, 0.2) is 0 Å². The molecule has 2 heterocycles. The molecule has 0 fully saturated rings. The van der Waals surface area contributed by atoms with Gasteiger partial charge in [-0.25, -0.2) is 4.68 Å². The molecule has 2 aromatic rings. The molecule has 0 spiro atoms. The van der Waals surface area contributed by atoms with Crippen LogP contribution in [0.5, 0.6) is 0 Å². The highest BCUT2D eigenvalue weighted by Crippen LogP contribution is 2.16. The quantitative estimate of drug-likeness (QED) is 0.717. The van der Waals surface area contributed by atoms with Crippen LogP contribution in [-0.2, 0) is 6.54 Å². The molecule has 0 bridgehead atoms. The Morgan fingerprint density at radius 3 is 3.00 bits per heavy atom. The first-order chi connectivity index (χ1) is 7.86. The average molecular weight is 212 g/mol. The van der Waals surface area contributed by atoms with Gasteiger partial charge in [-0.2, -0.15) is 0 Å². The molecular formula is C12H12N4. The van der Waals surface area contributed by atoms with E-state index in [0.29, 0.717) is 0 Å². The van der Waals surface area contributed by atoms with Gasteiger partial charge in [0.1, 0.15) is 5.69 Å². The summed E-state index contributed by atoms with van der Waals surface area (Å²) < 4.78 is 1.91. The summed E-state index contributed by atoms with van der Waals surface area (Å²) in [6.45, 7) is 3.70. The Labute approximate surface area is 93.6 Å². The third-order valence-electron chi connectivity index (χ3n) is 2.84. The summed E-state index contributed by atoms with van der Waals surface area (Å²) in [5.41, 5.74) is 4.43. The van der Waals surface area contributed by atoms with Crippen LogP contribution in [0, 0.1) is 6.92 Å². The molecular weight excluding hydrogens is 200 g/mol. The summed E-state index contributed by atoms with van der Waals surface area (Å²) in [5.74, 6) is 0. The van der Waals surface area contributed by atoms with Gasteiger partial charge in [-0.05, 0) is 12.5 Å². The second kappa shape index (κ2) is 3.56. The molecule has 0 saturated heterocycles. The van der Waals surface area contributed by atoms with Crippen LogP contribution in [-0.4, -0.2) is 27.3 Å². The number of benzene rings is 1. The maximum atomic E-state index is 4.59. The van der Waals surface area contributed by atoms with Crippen LogP contribution in [0.15, 0.2) is 35.5 Å². The fourth-order valence-electron chi connectivity index (χ4n) is 2.01. The maximum absolute atomic E-state index is 4.59. The standard InChI is InChI=1S/C12H12N4/c1-9-4-2-3-5-10(9)12-11-8-14-15-16(11)7-6-13-12/h2-5,8H,6-7H2,1H3. The largest absolute Gasteiger partial charge is 0.280 e. The lowest BCUT2D eigenvalue weighted by Crippen LogP contribution is -2.20. The highest BCUT2D eigenvalue weighted by atomic mass is 15.4. The first-order valence-corrected chi connectivity index (χ1v) is 5.35. The molecule has 80 valence electrons. The molecule has 0 unspecified atom stereocenters. The van der Waals surface area contributed by atoms with E-state index in [-0.39, 0.29) is 0 Å². The van der Waals surface area contributed by atoms with Crippen LogP contribution in [0.25, 0.3) is 0 Å². The zero-order chi connectivity index (χ0) is 11.0. The predicted molar refractivity (Wildman–Crippen MR) is 61.7 cm³/mol. The number of hydrogen-bond donors (Lipinski definition) is 0. The van der Waals surface area contributed by atoms with E-state index in [1.54, 1.807) is 6.20 Å². The molecule has 16 heavy (non-hydrogen) atoms. The van der Waals surface area contributed by atoms with E-state index in [9.17, 15) is 0 Å². The molecule has 0 aliphatic carbocycles. The molecule has 4 heteroatoms. The summed E-state index contributed by atoms with van der Waals surface area (Å²) in [5, 5.41) is 7.99. The van der Waals surface area contributed by atoms with Crippen LogP contribution in [0.3, 0.4) is 0 Å². The molecule has 1 aromatic heterocycles. The lowest BCUT2D eigenvalue weighted by atomic mass is 10.0. The monoisotopic (exact) mass is 212 g/mol. The van der Waals surface area contributed by atoms with Crippen LogP contribution in [0.4, 0.5) is 0 Å². The Kier molecular flexibility index (Phi) is 2.06. The summed E-state index contributed by atoms with van der Waals surface area (Å²) in [7, 11) is 0. The van der Waals surface area contributed by atoms with E-state index in [0.717, 1.165) is 24.5 Å². The van der Waals surface area contributed by atoms with Crippen molar-refractivity contribution < 1.29 is 0 Å². The lowest BCUT2D eigenvalue weighted by Gasteiger charge is -2.15. The molecule has 1 aliphatic rings. The molecule has 0 saturated carbocycles. The second-order valence-electron chi connectivity index (χ2n) is 3.89. The van der Waals surface area contributed by atoms with Crippen LogP contribution < -0.4 is 0 Å². The maximum Gasteiger partial charge on any atom is 0.107 e. The Morgan fingerprint density at radius 1 is 1.25 bits per heavy atom. The van der Waals surface area contributed by atoms with E-state index in [1.807, 2.05) is 16.8 Å². The van der Waals surface area contributed by atoms with E-state index in [4.69, 9.17) is 0 Å². The molecule has 1 aliphatic heterocycles. The van der Waals surface area contributed by atoms with Crippen LogP contribution in [0.2, 0.25) is 0 Å². The van der Waals surface area contributed by atoms with Crippen molar-refractivity contribution in [1.29, 1.82) is 0 Å². The van der Waals surface area contributed by atoms with Gasteiger partial charge in [-0.15, -0.1) is 5.10 Å². The van der Waals surface area contributed by atoms with Crippen molar-refractivity contribution in [2.75, 3.05) is 6.54 Å². The van der Waals surface area contributed by atoms with E-state index >= 15 is 0 Å². The first kappa shape index (κ1) is 9.27. The summed E-state index contributed by atoms with van der Waals surface area (Å²) in [4.78, 5) is 4.59. The molecule has 1 aromatic carbocycles. The molecule has 4 nitrogen and oxygen atoms in total. The topological polar surface area (TPSA) is 43.1 Å². The number of fused-ring (bicyclic) bond motifs is 1. The van der Waals surface area contributed by atoms with E-state index in [1.165, 1.54) is 11.1 Å². The molecule has 0 atom stereocenters. The van der Waals surface area contributed by atoms with Gasteiger partial charge in [0.2, 0.25) is 0 Å². The van der Waals surface area contributed by atoms with Crippen molar-refractivity contribution >= 4 is 5.71 Å². The molecule has 0 radical (unpaired) electrons. The summed E-state index contributed by atoms with van der Waals surface area (Å²) in [6, 6.07) is 8.27. The summed E-state index contributed by atoms with van der Waals surface area (Å²) in [6.07, 6.45) is 1.78. The SMILES string of the molecule is Cc1ccccc1C1=NCCn2nncc21. The third kappa shape index (κ3) is 1.34. The van der Waals surface area contributed by atoms with Crippen molar-refractivity contribution in [2.45, 2.75) is 13.5 Å². The Bertz CT molecular complexity index is 554. The molecule has 0 N–H and O–H groups in total. The van der Waals surface area contributed by atoms with Crippen molar-refractivity contribution in [3.05, 3.63) is 47.3 Å². The van der Waals surface area contributed by atoms with Crippen molar-refractivity contribution in [2.24, 2.45) is 4.99 Å². The number of aliphatic imine (C=N–C) groups is 1. The zero-order valence-corrected chi connectivity index (χ0v) is 9.09. The highest BCUT2D eigenvalue weighted by molar-refractivity contribution is 6.12. The normalized spacial score (nSPS) is 14.4. The van der Waals surface area contributed by atoms with Crippen molar-refractivity contribution in [3.8, 4) is 0 Å². The van der Waals surface area contributed by atoms with E-state index in [2.05, 4.69) is 34.4 Å². The minimum absolute atomic E-state index is 0.778. The fourth-order valence-corrected chi connectivity index (χ4v) is 2.01. The van der Waals surface area contributed by atoms with Crippen molar-refractivity contribution in [3.63, 3.8) is 0 Å². The Hall–Kier alpha value is -1.97.